The van der Waals surface area contributed by atoms with Gasteiger partial charge in [0.15, 0.2) is 10.9 Å². The van der Waals surface area contributed by atoms with E-state index >= 15 is 0 Å². The van der Waals surface area contributed by atoms with Gasteiger partial charge in [0.2, 0.25) is 0 Å². The Balaban J connectivity index is 0.689. The van der Waals surface area contributed by atoms with Crippen LogP contribution in [0, 0.1) is 6.92 Å². The zero-order chi connectivity index (χ0) is 41.8. The number of ether oxygens (including phenoxy) is 4. The summed E-state index contributed by atoms with van der Waals surface area (Å²) < 4.78 is 37.4. The van der Waals surface area contributed by atoms with Crippen LogP contribution in [0.25, 0.3) is 44.6 Å². The van der Waals surface area contributed by atoms with Crippen molar-refractivity contribution < 1.29 is 27.8 Å². The van der Waals surface area contributed by atoms with Gasteiger partial charge in [-0.15, -0.1) is 5.10 Å². The number of aryl methyl sites for hydroxylation is 2. The lowest BCUT2D eigenvalue weighted by atomic mass is 9.98. The molecule has 11 heteroatoms. The van der Waals surface area contributed by atoms with Crippen LogP contribution < -0.4 is 20.3 Å². The minimum absolute atomic E-state index is 0.0203. The average molecular weight is 818 g/mol. The number of hydrogen-bond acceptors (Lipinski definition) is 10. The van der Waals surface area contributed by atoms with Crippen LogP contribution in [0.5, 0.6) is 11.5 Å². The van der Waals surface area contributed by atoms with E-state index in [0.717, 1.165) is 53.0 Å². The highest BCUT2D eigenvalue weighted by molar-refractivity contribution is 5.81. The molecule has 3 aromatic heterocycles. The first-order valence-electron chi connectivity index (χ1n) is 20.6. The van der Waals surface area contributed by atoms with Gasteiger partial charge < -0.3 is 27.8 Å². The Morgan fingerprint density at radius 1 is 0.623 bits per heavy atom. The average Bonchev–Trinajstić information content (AvgIpc) is 3.75. The Bertz CT molecular complexity index is 2800. The van der Waals surface area contributed by atoms with Crippen molar-refractivity contribution in [2.24, 2.45) is 0 Å². The molecule has 0 radical (unpaired) electrons. The number of fused-ring (bicyclic) bond motifs is 2. The first-order chi connectivity index (χ1) is 30.0. The highest BCUT2D eigenvalue weighted by Crippen LogP contribution is 2.29. The second kappa shape index (κ2) is 20.0. The van der Waals surface area contributed by atoms with Crippen LogP contribution in [0.1, 0.15) is 35.2 Å². The molecule has 0 amide bonds. The number of aromatic nitrogens is 3. The van der Waals surface area contributed by atoms with Crippen LogP contribution in [-0.2, 0) is 28.9 Å². The van der Waals surface area contributed by atoms with Gasteiger partial charge in [0.1, 0.15) is 40.8 Å². The van der Waals surface area contributed by atoms with Gasteiger partial charge >= 0.3 is 0 Å². The summed E-state index contributed by atoms with van der Waals surface area (Å²) in [5, 5.41) is 9.69. The molecule has 0 aliphatic heterocycles. The number of para-hydroxylation sites is 1. The van der Waals surface area contributed by atoms with E-state index in [-0.39, 0.29) is 10.9 Å². The minimum atomic E-state index is -0.0545. The molecule has 0 spiro atoms. The Morgan fingerprint density at radius 3 is 2.11 bits per heavy atom. The quantitative estimate of drug-likeness (QED) is 0.0687. The second-order valence-corrected chi connectivity index (χ2v) is 14.8. The van der Waals surface area contributed by atoms with E-state index in [1.165, 1.54) is 0 Å². The SMILES string of the molecule is Cc1ccc2oc(-c3ccc(OCCCCc4cn(CCOCCOCCOc5ccc(-c6oc7ccccc7c(=O)c6Cc6ccccc6)cc5)nn4)cc3)cc(=O)c2c1. The van der Waals surface area contributed by atoms with Crippen LogP contribution in [0.2, 0.25) is 0 Å². The lowest BCUT2D eigenvalue weighted by Crippen LogP contribution is -2.13. The lowest BCUT2D eigenvalue weighted by molar-refractivity contribution is 0.0333. The molecule has 8 rings (SSSR count). The fourth-order valence-electron chi connectivity index (χ4n) is 7.06. The highest BCUT2D eigenvalue weighted by atomic mass is 16.5. The monoisotopic (exact) mass is 817 g/mol. The molecule has 0 N–H and O–H groups in total. The molecule has 5 aromatic carbocycles. The molecule has 0 bridgehead atoms. The summed E-state index contributed by atoms with van der Waals surface area (Å²) in [6.07, 6.45) is 5.03. The number of benzene rings is 5. The lowest BCUT2D eigenvalue weighted by Gasteiger charge is -2.12. The summed E-state index contributed by atoms with van der Waals surface area (Å²) in [7, 11) is 0. The van der Waals surface area contributed by atoms with Crippen LogP contribution >= 0.6 is 0 Å². The maximum Gasteiger partial charge on any atom is 0.196 e. The summed E-state index contributed by atoms with van der Waals surface area (Å²) in [5.74, 6) is 2.56. The first-order valence-corrected chi connectivity index (χ1v) is 20.6. The summed E-state index contributed by atoms with van der Waals surface area (Å²) >= 11 is 0. The van der Waals surface area contributed by atoms with Crippen LogP contribution in [0.3, 0.4) is 0 Å². The van der Waals surface area contributed by atoms with E-state index in [4.69, 9.17) is 27.8 Å². The van der Waals surface area contributed by atoms with E-state index in [1.807, 2.05) is 134 Å². The summed E-state index contributed by atoms with van der Waals surface area (Å²) in [6.45, 7) is 5.35. The molecule has 0 aliphatic carbocycles. The van der Waals surface area contributed by atoms with E-state index in [9.17, 15) is 9.59 Å². The molecule has 61 heavy (non-hydrogen) atoms. The van der Waals surface area contributed by atoms with Crippen molar-refractivity contribution in [3.63, 3.8) is 0 Å². The van der Waals surface area contributed by atoms with E-state index in [1.54, 1.807) is 10.7 Å². The molecule has 0 atom stereocenters. The van der Waals surface area contributed by atoms with Crippen molar-refractivity contribution in [1.82, 2.24) is 15.0 Å². The molecule has 0 fully saturated rings. The number of unbranched alkanes of at least 4 members (excludes halogenated alkanes) is 1. The Labute approximate surface area is 353 Å². The van der Waals surface area contributed by atoms with Gasteiger partial charge in [-0.1, -0.05) is 59.3 Å². The first kappa shape index (κ1) is 40.9. The van der Waals surface area contributed by atoms with Crippen LogP contribution in [0.15, 0.2) is 152 Å². The van der Waals surface area contributed by atoms with Crippen molar-refractivity contribution in [2.45, 2.75) is 39.2 Å². The van der Waals surface area contributed by atoms with Gasteiger partial charge in [-0.05, 0) is 105 Å². The van der Waals surface area contributed by atoms with Crippen molar-refractivity contribution in [3.8, 4) is 34.1 Å². The van der Waals surface area contributed by atoms with Gasteiger partial charge in [0.25, 0.3) is 0 Å². The van der Waals surface area contributed by atoms with Crippen molar-refractivity contribution >= 4 is 21.9 Å². The fraction of sp³-hybridized carbons (Fsp3) is 0.240. The molecule has 8 aromatic rings. The predicted molar refractivity (Wildman–Crippen MR) is 235 cm³/mol. The maximum absolute atomic E-state index is 13.6. The highest BCUT2D eigenvalue weighted by Gasteiger charge is 2.17. The Kier molecular flexibility index (Phi) is 13.4. The van der Waals surface area contributed by atoms with Crippen LogP contribution in [-0.4, -0.2) is 54.6 Å². The predicted octanol–water partition coefficient (Wildman–Crippen LogP) is 9.24. The zero-order valence-electron chi connectivity index (χ0n) is 34.1. The smallest absolute Gasteiger partial charge is 0.196 e. The fourth-order valence-corrected chi connectivity index (χ4v) is 7.06. The third kappa shape index (κ3) is 10.7. The van der Waals surface area contributed by atoms with E-state index < -0.39 is 0 Å². The van der Waals surface area contributed by atoms with Gasteiger partial charge in [-0.3, -0.25) is 9.59 Å². The molecule has 0 aliphatic rings. The van der Waals surface area contributed by atoms with Gasteiger partial charge in [0, 0.05) is 35.4 Å². The van der Waals surface area contributed by atoms with E-state index in [2.05, 4.69) is 10.3 Å². The standard InChI is InChI=1S/C50H47N3O8/c1-35-14-23-47-43(31-35)45(54)33-48(60-47)37-15-19-40(20-16-37)58-25-8-7-11-39-34-53(52-51-39)24-26-56-27-28-57-29-30-59-41-21-17-38(18-22-41)50-44(32-36-9-3-2-4-10-36)49(55)42-12-5-6-13-46(42)61-50/h2-6,9-10,12-23,31,33-34H,7-8,11,24-30,32H2,1H3. The third-order valence-corrected chi connectivity index (χ3v) is 10.3. The minimum Gasteiger partial charge on any atom is -0.494 e. The molecule has 310 valence electrons. The largest absolute Gasteiger partial charge is 0.494 e. The number of rotatable bonds is 20. The topological polar surface area (TPSA) is 128 Å². The summed E-state index contributed by atoms with van der Waals surface area (Å²) in [6, 6.07) is 39.6. The normalized spacial score (nSPS) is 11.4. The molecule has 11 nitrogen and oxygen atoms in total. The van der Waals surface area contributed by atoms with Crippen molar-refractivity contribution in [3.05, 3.63) is 176 Å². The van der Waals surface area contributed by atoms with Crippen molar-refractivity contribution in [2.75, 3.05) is 39.6 Å². The summed E-state index contributed by atoms with van der Waals surface area (Å²) in [5.41, 5.74) is 6.32. The molecule has 3 heterocycles. The van der Waals surface area contributed by atoms with Crippen LogP contribution in [0.4, 0.5) is 0 Å². The zero-order valence-corrected chi connectivity index (χ0v) is 34.1. The Hall–Kier alpha value is -6.82. The van der Waals surface area contributed by atoms with Gasteiger partial charge in [0.05, 0.1) is 56.0 Å². The second-order valence-electron chi connectivity index (χ2n) is 14.8. The number of nitrogens with zero attached hydrogens (tertiary/aromatic N) is 3. The van der Waals surface area contributed by atoms with Crippen molar-refractivity contribution in [1.29, 1.82) is 0 Å². The molecule has 0 unspecified atom stereocenters. The Morgan fingerprint density at radius 2 is 1.31 bits per heavy atom. The third-order valence-electron chi connectivity index (χ3n) is 10.3. The number of hydrogen-bond donors (Lipinski definition) is 0. The summed E-state index contributed by atoms with van der Waals surface area (Å²) in [4.78, 5) is 26.2. The maximum atomic E-state index is 13.6. The molecule has 0 saturated heterocycles. The molecule has 0 saturated carbocycles. The van der Waals surface area contributed by atoms with E-state index in [0.29, 0.717) is 97.4 Å². The molecular formula is C50H47N3O8. The molecular weight excluding hydrogens is 771 g/mol. The van der Waals surface area contributed by atoms with Gasteiger partial charge in [-0.25, -0.2) is 4.68 Å². The van der Waals surface area contributed by atoms with Gasteiger partial charge in [-0.2, -0.15) is 0 Å².